The van der Waals surface area contributed by atoms with Crippen LogP contribution in [0.25, 0.3) is 0 Å². The lowest BCUT2D eigenvalue weighted by molar-refractivity contribution is 0.411. The summed E-state index contributed by atoms with van der Waals surface area (Å²) in [4.78, 5) is 0. The number of benzene rings is 1. The molecule has 1 aromatic rings. The lowest BCUT2D eigenvalue weighted by Gasteiger charge is -2.13. The first-order valence-corrected chi connectivity index (χ1v) is 6.16. The number of hydrogen-bond acceptors (Lipinski definition) is 2. The summed E-state index contributed by atoms with van der Waals surface area (Å²) in [5, 5.41) is 3.62. The van der Waals surface area contributed by atoms with Crippen molar-refractivity contribution in [2.24, 2.45) is 0 Å². The van der Waals surface area contributed by atoms with Gasteiger partial charge in [-0.15, -0.1) is 0 Å². The zero-order chi connectivity index (χ0) is 11.4. The molecule has 0 bridgehead atoms. The molecule has 0 amide bonds. The van der Waals surface area contributed by atoms with Crippen molar-refractivity contribution < 1.29 is 4.74 Å². The fourth-order valence-corrected chi connectivity index (χ4v) is 2.44. The van der Waals surface area contributed by atoms with E-state index in [0.29, 0.717) is 0 Å². The highest BCUT2D eigenvalue weighted by Crippen LogP contribution is 2.20. The lowest BCUT2D eigenvalue weighted by atomic mass is 10.1. The van der Waals surface area contributed by atoms with Crippen molar-refractivity contribution in [2.75, 3.05) is 7.11 Å². The minimum Gasteiger partial charge on any atom is -0.496 e. The van der Waals surface area contributed by atoms with Gasteiger partial charge in [0.05, 0.1) is 7.11 Å². The SMILES string of the molecule is COc1ccc(CNC2CCCC2)cc1C. The Morgan fingerprint density at radius 2 is 2.06 bits per heavy atom. The Morgan fingerprint density at radius 3 is 2.69 bits per heavy atom. The molecular formula is C14H21NO. The van der Waals surface area contributed by atoms with E-state index in [9.17, 15) is 0 Å². The van der Waals surface area contributed by atoms with Gasteiger partial charge in [0.25, 0.3) is 0 Å². The highest BCUT2D eigenvalue weighted by atomic mass is 16.5. The third-order valence-corrected chi connectivity index (χ3v) is 3.41. The highest BCUT2D eigenvalue weighted by molar-refractivity contribution is 5.36. The first-order chi connectivity index (χ1) is 7.79. The first-order valence-electron chi connectivity index (χ1n) is 6.16. The Kier molecular flexibility index (Phi) is 3.83. The predicted octanol–water partition coefficient (Wildman–Crippen LogP) is 3.04. The van der Waals surface area contributed by atoms with Gasteiger partial charge >= 0.3 is 0 Å². The van der Waals surface area contributed by atoms with Crippen LogP contribution in [-0.4, -0.2) is 13.2 Å². The molecule has 0 atom stereocenters. The zero-order valence-electron chi connectivity index (χ0n) is 10.3. The van der Waals surface area contributed by atoms with Gasteiger partial charge in [0.15, 0.2) is 0 Å². The van der Waals surface area contributed by atoms with Gasteiger partial charge in [-0.25, -0.2) is 0 Å². The predicted molar refractivity (Wildman–Crippen MR) is 66.8 cm³/mol. The molecular weight excluding hydrogens is 198 g/mol. The van der Waals surface area contributed by atoms with Crippen LogP contribution in [0.5, 0.6) is 5.75 Å². The molecule has 1 aromatic carbocycles. The average Bonchev–Trinajstić information content (AvgIpc) is 2.79. The normalized spacial score (nSPS) is 16.6. The van der Waals surface area contributed by atoms with E-state index in [0.717, 1.165) is 18.3 Å². The topological polar surface area (TPSA) is 21.3 Å². The summed E-state index contributed by atoms with van der Waals surface area (Å²) in [7, 11) is 1.72. The van der Waals surface area contributed by atoms with Crippen molar-refractivity contribution >= 4 is 0 Å². The van der Waals surface area contributed by atoms with Crippen molar-refractivity contribution in [3.05, 3.63) is 29.3 Å². The van der Waals surface area contributed by atoms with Crippen LogP contribution in [0.1, 0.15) is 36.8 Å². The van der Waals surface area contributed by atoms with Crippen LogP contribution in [0.3, 0.4) is 0 Å². The number of ether oxygens (including phenoxy) is 1. The van der Waals surface area contributed by atoms with E-state index >= 15 is 0 Å². The maximum absolute atomic E-state index is 5.26. The zero-order valence-corrected chi connectivity index (χ0v) is 10.3. The average molecular weight is 219 g/mol. The van der Waals surface area contributed by atoms with Crippen LogP contribution in [0.2, 0.25) is 0 Å². The molecule has 16 heavy (non-hydrogen) atoms. The molecule has 0 spiro atoms. The largest absolute Gasteiger partial charge is 0.496 e. The minimum atomic E-state index is 0.738. The minimum absolute atomic E-state index is 0.738. The van der Waals surface area contributed by atoms with E-state index < -0.39 is 0 Å². The molecule has 88 valence electrons. The third-order valence-electron chi connectivity index (χ3n) is 3.41. The van der Waals surface area contributed by atoms with Crippen LogP contribution in [0.15, 0.2) is 18.2 Å². The van der Waals surface area contributed by atoms with Crippen molar-refractivity contribution in [3.63, 3.8) is 0 Å². The monoisotopic (exact) mass is 219 g/mol. The van der Waals surface area contributed by atoms with Crippen LogP contribution in [0.4, 0.5) is 0 Å². The summed E-state index contributed by atoms with van der Waals surface area (Å²) < 4.78 is 5.26. The fraction of sp³-hybridized carbons (Fsp3) is 0.571. The van der Waals surface area contributed by atoms with Crippen LogP contribution in [0, 0.1) is 6.92 Å². The molecule has 1 fully saturated rings. The van der Waals surface area contributed by atoms with Crippen molar-refractivity contribution in [3.8, 4) is 5.75 Å². The Morgan fingerprint density at radius 1 is 1.31 bits per heavy atom. The van der Waals surface area contributed by atoms with E-state index in [1.807, 2.05) is 0 Å². The molecule has 2 rings (SSSR count). The molecule has 1 aliphatic rings. The molecule has 0 saturated heterocycles. The van der Waals surface area contributed by atoms with Crippen molar-refractivity contribution in [2.45, 2.75) is 45.2 Å². The van der Waals surface area contributed by atoms with Gasteiger partial charge in [0.2, 0.25) is 0 Å². The van der Waals surface area contributed by atoms with Crippen LogP contribution < -0.4 is 10.1 Å². The van der Waals surface area contributed by atoms with Gasteiger partial charge in [-0.3, -0.25) is 0 Å². The molecule has 0 aliphatic heterocycles. The summed E-state index contributed by atoms with van der Waals surface area (Å²) in [6.07, 6.45) is 5.46. The summed E-state index contributed by atoms with van der Waals surface area (Å²) in [6.45, 7) is 3.08. The summed E-state index contributed by atoms with van der Waals surface area (Å²) in [5.41, 5.74) is 2.57. The number of aryl methyl sites for hydroxylation is 1. The highest BCUT2D eigenvalue weighted by Gasteiger charge is 2.13. The molecule has 1 aliphatic carbocycles. The van der Waals surface area contributed by atoms with Crippen LogP contribution >= 0.6 is 0 Å². The van der Waals surface area contributed by atoms with E-state index in [1.165, 1.54) is 36.8 Å². The summed E-state index contributed by atoms with van der Waals surface area (Å²) >= 11 is 0. The molecule has 2 heteroatoms. The first kappa shape index (κ1) is 11.5. The second kappa shape index (κ2) is 5.35. The van der Waals surface area contributed by atoms with E-state index in [2.05, 4.69) is 30.4 Å². The molecule has 1 saturated carbocycles. The Labute approximate surface area is 98.0 Å². The molecule has 0 unspecified atom stereocenters. The van der Waals surface area contributed by atoms with Gasteiger partial charge in [0, 0.05) is 12.6 Å². The molecule has 0 heterocycles. The number of nitrogens with one attached hydrogen (secondary N) is 1. The molecule has 2 nitrogen and oxygen atoms in total. The maximum atomic E-state index is 5.26. The van der Waals surface area contributed by atoms with Gasteiger partial charge in [-0.2, -0.15) is 0 Å². The lowest BCUT2D eigenvalue weighted by Crippen LogP contribution is -2.25. The van der Waals surface area contributed by atoms with Crippen molar-refractivity contribution in [1.82, 2.24) is 5.32 Å². The summed E-state index contributed by atoms with van der Waals surface area (Å²) in [6, 6.07) is 7.15. The smallest absolute Gasteiger partial charge is 0.121 e. The molecule has 0 radical (unpaired) electrons. The van der Waals surface area contributed by atoms with Gasteiger partial charge in [-0.05, 0) is 37.0 Å². The summed E-state index contributed by atoms with van der Waals surface area (Å²) in [5.74, 6) is 0.976. The third kappa shape index (κ3) is 2.76. The second-order valence-corrected chi connectivity index (χ2v) is 4.67. The maximum Gasteiger partial charge on any atom is 0.121 e. The Balaban J connectivity index is 1.91. The Bertz CT molecular complexity index is 343. The van der Waals surface area contributed by atoms with Crippen LogP contribution in [-0.2, 0) is 6.54 Å². The number of rotatable bonds is 4. The van der Waals surface area contributed by atoms with Gasteiger partial charge < -0.3 is 10.1 Å². The number of methoxy groups -OCH3 is 1. The Hall–Kier alpha value is -1.02. The second-order valence-electron chi connectivity index (χ2n) is 4.67. The van der Waals surface area contributed by atoms with Crippen molar-refractivity contribution in [1.29, 1.82) is 0 Å². The fourth-order valence-electron chi connectivity index (χ4n) is 2.44. The van der Waals surface area contributed by atoms with E-state index in [4.69, 9.17) is 4.74 Å². The molecule has 1 N–H and O–H groups in total. The van der Waals surface area contributed by atoms with E-state index in [-0.39, 0.29) is 0 Å². The van der Waals surface area contributed by atoms with Gasteiger partial charge in [-0.1, -0.05) is 25.0 Å². The molecule has 0 aromatic heterocycles. The quantitative estimate of drug-likeness (QED) is 0.840. The van der Waals surface area contributed by atoms with E-state index in [1.54, 1.807) is 7.11 Å². The standard InChI is InChI=1S/C14H21NO/c1-11-9-12(7-8-14(11)16-2)10-15-13-5-3-4-6-13/h7-9,13,15H,3-6,10H2,1-2H3. The number of hydrogen-bond donors (Lipinski definition) is 1. The van der Waals surface area contributed by atoms with Gasteiger partial charge in [0.1, 0.15) is 5.75 Å².